The molecule has 1 N–H and O–H groups in total. The molecule has 0 aliphatic rings. The Morgan fingerprint density at radius 1 is 0.920 bits per heavy atom. The number of halogens is 2. The first-order valence-corrected chi connectivity index (χ1v) is 9.15. The molecule has 0 aliphatic heterocycles. The van der Waals surface area contributed by atoms with Crippen LogP contribution in [0.25, 0.3) is 0 Å². The molecule has 126 valence electrons. The molecule has 3 aromatic rings. The van der Waals surface area contributed by atoms with E-state index in [1.54, 1.807) is 24.3 Å². The first kappa shape index (κ1) is 17.7. The third-order valence-electron chi connectivity index (χ3n) is 3.94. The lowest BCUT2D eigenvalue weighted by molar-refractivity contribution is 0.0976. The number of carbonyl (C=O) groups excluding carboxylic acids is 1. The zero-order chi connectivity index (χ0) is 17.6. The van der Waals surface area contributed by atoms with E-state index < -0.39 is 0 Å². The zero-order valence-corrected chi connectivity index (χ0v) is 15.8. The van der Waals surface area contributed by atoms with Gasteiger partial charge in [-0.15, -0.1) is 0 Å². The van der Waals surface area contributed by atoms with Gasteiger partial charge in [0.2, 0.25) is 0 Å². The van der Waals surface area contributed by atoms with Crippen molar-refractivity contribution in [1.29, 1.82) is 0 Å². The molecule has 25 heavy (non-hydrogen) atoms. The largest absolute Gasteiger partial charge is 0.378 e. The maximum absolute atomic E-state index is 12.7. The van der Waals surface area contributed by atoms with E-state index in [0.717, 1.165) is 15.7 Å². The van der Waals surface area contributed by atoms with Crippen LogP contribution >= 0.6 is 27.5 Å². The summed E-state index contributed by atoms with van der Waals surface area (Å²) in [6.07, 6.45) is 0.363. The zero-order valence-electron chi connectivity index (χ0n) is 13.5. The molecular weight excluding hydrogens is 398 g/mol. The average molecular weight is 415 g/mol. The second-order valence-corrected chi connectivity index (χ2v) is 7.10. The molecule has 0 spiro atoms. The molecule has 0 amide bonds. The second kappa shape index (κ2) is 8.32. The van der Waals surface area contributed by atoms with Gasteiger partial charge < -0.3 is 5.32 Å². The van der Waals surface area contributed by atoms with E-state index in [0.29, 0.717) is 17.0 Å². The Labute approximate surface area is 161 Å². The predicted octanol–water partition coefficient (Wildman–Crippen LogP) is 6.53. The Kier molecular flexibility index (Phi) is 5.90. The molecule has 3 rings (SSSR count). The highest BCUT2D eigenvalue weighted by Gasteiger charge is 2.17. The maximum atomic E-state index is 12.7. The van der Waals surface area contributed by atoms with Crippen molar-refractivity contribution in [2.24, 2.45) is 0 Å². The highest BCUT2D eigenvalue weighted by Crippen LogP contribution is 2.25. The Morgan fingerprint density at radius 3 is 2.20 bits per heavy atom. The van der Waals surface area contributed by atoms with E-state index in [1.807, 2.05) is 54.6 Å². The summed E-state index contributed by atoms with van der Waals surface area (Å²) in [5.41, 5.74) is 2.72. The van der Waals surface area contributed by atoms with Crippen LogP contribution in [0.2, 0.25) is 5.02 Å². The third-order valence-corrected chi connectivity index (χ3v) is 4.72. The number of hydrogen-bond donors (Lipinski definition) is 1. The van der Waals surface area contributed by atoms with E-state index in [2.05, 4.69) is 21.2 Å². The molecule has 3 aromatic carbocycles. The number of carbonyl (C=O) groups is 1. The van der Waals surface area contributed by atoms with Gasteiger partial charge in [0, 0.05) is 27.2 Å². The van der Waals surface area contributed by atoms with Crippen LogP contribution in [-0.2, 0) is 0 Å². The van der Waals surface area contributed by atoms with Gasteiger partial charge in [0.25, 0.3) is 0 Å². The highest BCUT2D eigenvalue weighted by atomic mass is 79.9. The van der Waals surface area contributed by atoms with Crippen LogP contribution in [0.5, 0.6) is 0 Å². The quantitative estimate of drug-likeness (QED) is 0.465. The van der Waals surface area contributed by atoms with Crippen molar-refractivity contribution in [3.63, 3.8) is 0 Å². The minimum Gasteiger partial charge on any atom is -0.378 e. The van der Waals surface area contributed by atoms with Gasteiger partial charge >= 0.3 is 0 Å². The van der Waals surface area contributed by atoms with E-state index >= 15 is 0 Å². The van der Waals surface area contributed by atoms with Crippen LogP contribution < -0.4 is 5.32 Å². The monoisotopic (exact) mass is 413 g/mol. The van der Waals surface area contributed by atoms with E-state index in [-0.39, 0.29) is 11.8 Å². The average Bonchev–Trinajstić information content (AvgIpc) is 2.64. The lowest BCUT2D eigenvalue weighted by atomic mass is 9.97. The van der Waals surface area contributed by atoms with Crippen molar-refractivity contribution in [1.82, 2.24) is 0 Å². The standard InChI is InChI=1S/C21H17BrClNO/c22-17-8-12-19(13-9-17)24-20(15-4-2-1-3-5-15)14-21(25)16-6-10-18(23)11-7-16/h1-13,20,24H,14H2. The van der Waals surface area contributed by atoms with E-state index in [4.69, 9.17) is 11.6 Å². The molecule has 0 bridgehead atoms. The lowest BCUT2D eigenvalue weighted by Gasteiger charge is -2.20. The van der Waals surface area contributed by atoms with Gasteiger partial charge in [-0.1, -0.05) is 57.9 Å². The van der Waals surface area contributed by atoms with Gasteiger partial charge in [-0.25, -0.2) is 0 Å². The maximum Gasteiger partial charge on any atom is 0.165 e. The van der Waals surface area contributed by atoms with Gasteiger partial charge in [-0.05, 0) is 54.1 Å². The first-order chi connectivity index (χ1) is 12.1. The Balaban J connectivity index is 1.82. The molecule has 1 atom stereocenters. The lowest BCUT2D eigenvalue weighted by Crippen LogP contribution is -2.15. The summed E-state index contributed by atoms with van der Waals surface area (Å²) in [5, 5.41) is 4.10. The minimum absolute atomic E-state index is 0.0788. The number of rotatable bonds is 6. The van der Waals surface area contributed by atoms with Crippen molar-refractivity contribution < 1.29 is 4.79 Å². The summed E-state index contributed by atoms with van der Waals surface area (Å²) in [6.45, 7) is 0. The fourth-order valence-electron chi connectivity index (χ4n) is 2.62. The summed E-state index contributed by atoms with van der Waals surface area (Å²) in [5.74, 6) is 0.0788. The van der Waals surface area contributed by atoms with Crippen molar-refractivity contribution in [2.45, 2.75) is 12.5 Å². The predicted molar refractivity (Wildman–Crippen MR) is 107 cm³/mol. The fourth-order valence-corrected chi connectivity index (χ4v) is 3.01. The number of benzene rings is 3. The van der Waals surface area contributed by atoms with Crippen molar-refractivity contribution in [3.8, 4) is 0 Å². The van der Waals surface area contributed by atoms with E-state index in [1.165, 1.54) is 0 Å². The summed E-state index contributed by atoms with van der Waals surface area (Å²) in [6, 6.07) is 24.9. The molecule has 1 unspecified atom stereocenters. The van der Waals surface area contributed by atoms with E-state index in [9.17, 15) is 4.79 Å². The van der Waals surface area contributed by atoms with Crippen LogP contribution in [0, 0.1) is 0 Å². The molecule has 4 heteroatoms. The number of anilines is 1. The van der Waals surface area contributed by atoms with Crippen molar-refractivity contribution in [3.05, 3.63) is 99.5 Å². The second-order valence-electron chi connectivity index (χ2n) is 5.75. The Morgan fingerprint density at radius 2 is 1.56 bits per heavy atom. The molecule has 0 aliphatic carbocycles. The van der Waals surface area contributed by atoms with Gasteiger partial charge in [-0.3, -0.25) is 4.79 Å². The molecule has 0 saturated heterocycles. The number of ketones is 1. The van der Waals surface area contributed by atoms with Gasteiger partial charge in [-0.2, -0.15) is 0 Å². The first-order valence-electron chi connectivity index (χ1n) is 7.97. The topological polar surface area (TPSA) is 29.1 Å². The van der Waals surface area contributed by atoms with Crippen LogP contribution in [0.4, 0.5) is 5.69 Å². The summed E-state index contributed by atoms with van der Waals surface area (Å²) < 4.78 is 1.02. The Hall–Kier alpha value is -2.10. The third kappa shape index (κ3) is 4.94. The molecular formula is C21H17BrClNO. The van der Waals surface area contributed by atoms with Crippen LogP contribution in [-0.4, -0.2) is 5.78 Å². The highest BCUT2D eigenvalue weighted by molar-refractivity contribution is 9.10. The summed E-state index contributed by atoms with van der Waals surface area (Å²) in [7, 11) is 0. The molecule has 0 saturated carbocycles. The smallest absolute Gasteiger partial charge is 0.165 e. The number of hydrogen-bond acceptors (Lipinski definition) is 2. The van der Waals surface area contributed by atoms with Crippen LogP contribution in [0.1, 0.15) is 28.4 Å². The van der Waals surface area contributed by atoms with Gasteiger partial charge in [0.1, 0.15) is 0 Å². The normalized spacial score (nSPS) is 11.8. The minimum atomic E-state index is -0.106. The number of Topliss-reactive ketones (excluding diaryl/α,β-unsaturated/α-hetero) is 1. The molecule has 0 heterocycles. The molecule has 2 nitrogen and oxygen atoms in total. The Bertz CT molecular complexity index is 832. The summed E-state index contributed by atoms with van der Waals surface area (Å²) in [4.78, 5) is 12.7. The van der Waals surface area contributed by atoms with Crippen molar-refractivity contribution in [2.75, 3.05) is 5.32 Å². The molecule has 0 radical (unpaired) electrons. The van der Waals surface area contributed by atoms with Crippen LogP contribution in [0.15, 0.2) is 83.3 Å². The molecule has 0 aromatic heterocycles. The van der Waals surface area contributed by atoms with Crippen LogP contribution in [0.3, 0.4) is 0 Å². The number of nitrogens with one attached hydrogen (secondary N) is 1. The SMILES string of the molecule is O=C(CC(Nc1ccc(Br)cc1)c1ccccc1)c1ccc(Cl)cc1. The van der Waals surface area contributed by atoms with Gasteiger partial charge in [0.15, 0.2) is 5.78 Å². The summed E-state index contributed by atoms with van der Waals surface area (Å²) >= 11 is 9.35. The van der Waals surface area contributed by atoms with Gasteiger partial charge in [0.05, 0.1) is 6.04 Å². The molecule has 0 fully saturated rings. The fraction of sp³-hybridized carbons (Fsp3) is 0.0952. The van der Waals surface area contributed by atoms with Crippen molar-refractivity contribution >= 4 is 39.0 Å².